The zero-order valence-corrected chi connectivity index (χ0v) is 14.5. The van der Waals surface area contributed by atoms with Crippen molar-refractivity contribution in [3.63, 3.8) is 0 Å². The number of sulfonamides is 1. The highest BCUT2D eigenvalue weighted by atomic mass is 79.9. The quantitative estimate of drug-likeness (QED) is 0.899. The smallest absolute Gasteiger partial charge is 0.241 e. The van der Waals surface area contributed by atoms with Gasteiger partial charge in [0, 0.05) is 17.1 Å². The Morgan fingerprint density at radius 3 is 2.70 bits per heavy atom. The number of rotatable bonds is 3. The van der Waals surface area contributed by atoms with E-state index < -0.39 is 10.0 Å². The van der Waals surface area contributed by atoms with E-state index in [1.54, 1.807) is 6.07 Å². The van der Waals surface area contributed by atoms with Crippen LogP contribution in [0.5, 0.6) is 0 Å². The van der Waals surface area contributed by atoms with Crippen LogP contribution >= 0.6 is 15.9 Å². The predicted octanol–water partition coefficient (Wildman–Crippen LogP) is 2.38. The van der Waals surface area contributed by atoms with Crippen LogP contribution in [-0.2, 0) is 10.0 Å². The van der Waals surface area contributed by atoms with Crippen LogP contribution < -0.4 is 4.72 Å². The molecule has 0 spiro atoms. The van der Waals surface area contributed by atoms with Gasteiger partial charge in [-0.25, -0.2) is 13.1 Å². The van der Waals surface area contributed by atoms with Crippen molar-refractivity contribution >= 4 is 26.0 Å². The van der Waals surface area contributed by atoms with E-state index in [9.17, 15) is 8.42 Å². The van der Waals surface area contributed by atoms with E-state index >= 15 is 0 Å². The minimum atomic E-state index is -3.47. The Kier molecular flexibility index (Phi) is 4.89. The number of benzene rings is 1. The van der Waals surface area contributed by atoms with E-state index in [1.165, 1.54) is 0 Å². The molecule has 1 aliphatic heterocycles. The van der Waals surface area contributed by atoms with Gasteiger partial charge in [0.1, 0.15) is 0 Å². The zero-order valence-electron chi connectivity index (χ0n) is 12.1. The van der Waals surface area contributed by atoms with Gasteiger partial charge in [-0.2, -0.15) is 0 Å². The Morgan fingerprint density at radius 2 is 2.10 bits per heavy atom. The Morgan fingerprint density at radius 1 is 1.40 bits per heavy atom. The summed E-state index contributed by atoms with van der Waals surface area (Å²) in [5.41, 5.74) is 1.03. The maximum atomic E-state index is 12.5. The molecule has 0 aromatic heterocycles. The monoisotopic (exact) mass is 360 g/mol. The highest BCUT2D eigenvalue weighted by Gasteiger charge is 2.29. The lowest BCUT2D eigenvalue weighted by atomic mass is 9.95. The summed E-state index contributed by atoms with van der Waals surface area (Å²) in [6.07, 6.45) is 0.848. The molecular formula is C14H21BrN2O2S. The molecular weight excluding hydrogens is 340 g/mol. The third kappa shape index (κ3) is 3.61. The van der Waals surface area contributed by atoms with Crippen molar-refractivity contribution in [2.75, 3.05) is 20.1 Å². The first-order chi connectivity index (χ1) is 9.29. The van der Waals surface area contributed by atoms with Gasteiger partial charge in [-0.1, -0.05) is 13.0 Å². The van der Waals surface area contributed by atoms with Crippen molar-refractivity contribution in [2.45, 2.75) is 31.2 Å². The van der Waals surface area contributed by atoms with E-state index in [4.69, 9.17) is 0 Å². The molecule has 6 heteroatoms. The third-order valence-corrected chi connectivity index (χ3v) is 6.26. The first-order valence-electron chi connectivity index (χ1n) is 6.76. The van der Waals surface area contributed by atoms with E-state index in [2.05, 4.69) is 39.5 Å². The number of nitrogens with zero attached hydrogens (tertiary/aromatic N) is 1. The van der Waals surface area contributed by atoms with Gasteiger partial charge in [0.25, 0.3) is 0 Å². The normalized spacial score (nSPS) is 24.8. The summed E-state index contributed by atoms with van der Waals surface area (Å²) in [5, 5.41) is 0. The molecule has 1 saturated heterocycles. The predicted molar refractivity (Wildman–Crippen MR) is 84.3 cm³/mol. The average molecular weight is 361 g/mol. The summed E-state index contributed by atoms with van der Waals surface area (Å²) < 4.78 is 28.5. The fraction of sp³-hybridized carbons (Fsp3) is 0.571. The second kappa shape index (κ2) is 6.13. The minimum Gasteiger partial charge on any atom is -0.306 e. The SMILES string of the molecule is Cc1ccc(S(=O)(=O)NC2CCN(C)CC2C)c(Br)c1. The standard InChI is InChI=1S/C14H21BrN2O2S/c1-10-4-5-14(12(15)8-10)20(18,19)16-13-6-7-17(3)9-11(13)2/h4-5,8,11,13,16H,6-7,9H2,1-3H3. The molecule has 1 aromatic carbocycles. The molecule has 0 aliphatic carbocycles. The van der Waals surface area contributed by atoms with Crippen LogP contribution in [-0.4, -0.2) is 39.5 Å². The summed E-state index contributed by atoms with van der Waals surface area (Å²) in [6, 6.07) is 5.30. The molecule has 1 fully saturated rings. The van der Waals surface area contributed by atoms with E-state index in [-0.39, 0.29) is 6.04 Å². The highest BCUT2D eigenvalue weighted by Crippen LogP contribution is 2.25. The first kappa shape index (κ1) is 15.9. The van der Waals surface area contributed by atoms with Gasteiger partial charge in [-0.05, 0) is 66.5 Å². The maximum Gasteiger partial charge on any atom is 0.241 e. The molecule has 0 amide bonds. The molecule has 1 heterocycles. The fourth-order valence-corrected chi connectivity index (χ4v) is 5.19. The summed E-state index contributed by atoms with van der Waals surface area (Å²) >= 11 is 3.35. The molecule has 112 valence electrons. The number of hydrogen-bond acceptors (Lipinski definition) is 3. The minimum absolute atomic E-state index is 0.00408. The number of halogens is 1. The van der Waals surface area contributed by atoms with Gasteiger partial charge in [0.15, 0.2) is 0 Å². The molecule has 1 N–H and O–H groups in total. The number of aryl methyl sites for hydroxylation is 1. The van der Waals surface area contributed by atoms with Crippen molar-refractivity contribution in [2.24, 2.45) is 5.92 Å². The Labute approximate surface area is 129 Å². The molecule has 1 aliphatic rings. The van der Waals surface area contributed by atoms with Gasteiger partial charge >= 0.3 is 0 Å². The van der Waals surface area contributed by atoms with Crippen molar-refractivity contribution in [3.8, 4) is 0 Å². The van der Waals surface area contributed by atoms with Crippen LogP contribution in [0.3, 0.4) is 0 Å². The molecule has 0 bridgehead atoms. The molecule has 0 radical (unpaired) electrons. The lowest BCUT2D eigenvalue weighted by Gasteiger charge is -2.35. The lowest BCUT2D eigenvalue weighted by molar-refractivity contribution is 0.188. The van der Waals surface area contributed by atoms with Crippen molar-refractivity contribution in [1.82, 2.24) is 9.62 Å². The van der Waals surface area contributed by atoms with Crippen LogP contribution in [0.1, 0.15) is 18.9 Å². The Bertz CT molecular complexity index is 589. The number of likely N-dealkylation sites (tertiary alicyclic amines) is 1. The maximum absolute atomic E-state index is 12.5. The third-order valence-electron chi connectivity index (χ3n) is 3.79. The van der Waals surface area contributed by atoms with Crippen molar-refractivity contribution in [3.05, 3.63) is 28.2 Å². The van der Waals surface area contributed by atoms with Crippen LogP contribution in [0.4, 0.5) is 0 Å². The fourth-order valence-electron chi connectivity index (χ4n) is 2.62. The topological polar surface area (TPSA) is 49.4 Å². The van der Waals surface area contributed by atoms with Gasteiger partial charge in [-0.15, -0.1) is 0 Å². The molecule has 2 unspecified atom stereocenters. The van der Waals surface area contributed by atoms with Gasteiger partial charge in [0.05, 0.1) is 4.90 Å². The van der Waals surface area contributed by atoms with E-state index in [1.807, 2.05) is 19.1 Å². The molecule has 2 atom stereocenters. The molecule has 0 saturated carbocycles. The second-order valence-corrected chi connectivity index (χ2v) is 8.23. The highest BCUT2D eigenvalue weighted by molar-refractivity contribution is 9.10. The number of hydrogen-bond donors (Lipinski definition) is 1. The van der Waals surface area contributed by atoms with Crippen LogP contribution in [0.15, 0.2) is 27.6 Å². The van der Waals surface area contributed by atoms with E-state index in [0.29, 0.717) is 15.3 Å². The van der Waals surface area contributed by atoms with Gasteiger partial charge in [0.2, 0.25) is 10.0 Å². The largest absolute Gasteiger partial charge is 0.306 e. The first-order valence-corrected chi connectivity index (χ1v) is 9.04. The van der Waals surface area contributed by atoms with Crippen molar-refractivity contribution in [1.29, 1.82) is 0 Å². The van der Waals surface area contributed by atoms with Gasteiger partial charge in [-0.3, -0.25) is 0 Å². The number of nitrogens with one attached hydrogen (secondary N) is 1. The Balaban J connectivity index is 2.19. The van der Waals surface area contributed by atoms with Crippen molar-refractivity contribution < 1.29 is 8.42 Å². The van der Waals surface area contributed by atoms with Crippen LogP contribution in [0.2, 0.25) is 0 Å². The Hall–Kier alpha value is -0.430. The number of piperidine rings is 1. The summed E-state index contributed by atoms with van der Waals surface area (Å²) in [6.45, 7) is 5.87. The summed E-state index contributed by atoms with van der Waals surface area (Å²) in [5.74, 6) is 0.313. The zero-order chi connectivity index (χ0) is 14.9. The molecule has 20 heavy (non-hydrogen) atoms. The average Bonchev–Trinajstić information content (AvgIpc) is 2.32. The van der Waals surface area contributed by atoms with Crippen LogP contribution in [0.25, 0.3) is 0 Å². The lowest BCUT2D eigenvalue weighted by Crippen LogP contribution is -2.48. The van der Waals surface area contributed by atoms with Crippen LogP contribution in [0, 0.1) is 12.8 Å². The second-order valence-electron chi connectivity index (χ2n) is 5.69. The van der Waals surface area contributed by atoms with E-state index in [0.717, 1.165) is 25.1 Å². The van der Waals surface area contributed by atoms with Gasteiger partial charge < -0.3 is 4.90 Å². The molecule has 1 aromatic rings. The summed E-state index contributed by atoms with van der Waals surface area (Å²) in [7, 11) is -1.41. The summed E-state index contributed by atoms with van der Waals surface area (Å²) in [4.78, 5) is 2.55. The molecule has 4 nitrogen and oxygen atoms in total. The molecule has 2 rings (SSSR count).